The second kappa shape index (κ2) is 8.79. The van der Waals surface area contributed by atoms with Crippen LogP contribution in [0.1, 0.15) is 18.1 Å². The molecule has 2 aromatic carbocycles. The molecule has 0 saturated heterocycles. The zero-order valence-corrected chi connectivity index (χ0v) is 15.5. The number of fused-ring (bicyclic) bond motifs is 1. The molecule has 0 spiro atoms. The summed E-state index contributed by atoms with van der Waals surface area (Å²) in [6.07, 6.45) is 1.36. The number of carbonyl (C=O) groups is 2. The number of aliphatic hydroxyl groups is 1. The smallest absolute Gasteiger partial charge is 0.313 e. The standard InChI is InChI=1S/C19H20N2O5S/c1-27-17-5-3-2-4-13(17)21-19(24)18(23)20-9-8-14(22)12-6-7-15-16(10-12)26-11-25-15/h2-7,10,14,22H,8-9,11H2,1H3,(H,20,23)(H,21,24)/t14-/m0/s1. The van der Waals surface area contributed by atoms with Crippen molar-refractivity contribution >= 4 is 29.3 Å². The number of nitrogens with one attached hydrogen (secondary N) is 2. The highest BCUT2D eigenvalue weighted by atomic mass is 32.2. The fourth-order valence-corrected chi connectivity index (χ4v) is 3.17. The van der Waals surface area contributed by atoms with Crippen molar-refractivity contribution in [3.05, 3.63) is 48.0 Å². The molecule has 0 saturated carbocycles. The Balaban J connectivity index is 1.48. The molecule has 1 aliphatic heterocycles. The highest BCUT2D eigenvalue weighted by molar-refractivity contribution is 7.98. The summed E-state index contributed by atoms with van der Waals surface area (Å²) < 4.78 is 10.5. The summed E-state index contributed by atoms with van der Waals surface area (Å²) in [4.78, 5) is 24.9. The number of thioether (sulfide) groups is 1. The van der Waals surface area contributed by atoms with Crippen LogP contribution in [0.15, 0.2) is 47.4 Å². The molecule has 27 heavy (non-hydrogen) atoms. The van der Waals surface area contributed by atoms with Gasteiger partial charge in [-0.2, -0.15) is 0 Å². The Labute approximate surface area is 161 Å². The van der Waals surface area contributed by atoms with Crippen molar-refractivity contribution in [2.75, 3.05) is 24.9 Å². The molecule has 7 nitrogen and oxygen atoms in total. The fourth-order valence-electron chi connectivity index (χ4n) is 2.62. The first-order valence-corrected chi connectivity index (χ1v) is 9.61. The van der Waals surface area contributed by atoms with Crippen molar-refractivity contribution in [2.24, 2.45) is 0 Å². The summed E-state index contributed by atoms with van der Waals surface area (Å²) >= 11 is 1.48. The fraction of sp³-hybridized carbons (Fsp3) is 0.263. The normalized spacial score (nSPS) is 13.1. The minimum Gasteiger partial charge on any atom is -0.454 e. The molecular formula is C19H20N2O5S. The van der Waals surface area contributed by atoms with E-state index in [1.807, 2.05) is 18.4 Å². The van der Waals surface area contributed by atoms with Crippen LogP contribution in [0.3, 0.4) is 0 Å². The molecule has 0 unspecified atom stereocenters. The van der Waals surface area contributed by atoms with Crippen LogP contribution < -0.4 is 20.1 Å². The Morgan fingerprint density at radius 2 is 1.93 bits per heavy atom. The number of ether oxygens (including phenoxy) is 2. The number of anilines is 1. The van der Waals surface area contributed by atoms with E-state index in [1.54, 1.807) is 30.3 Å². The quantitative estimate of drug-likeness (QED) is 0.519. The third-order valence-corrected chi connectivity index (χ3v) is 4.84. The Hall–Kier alpha value is -2.71. The predicted molar refractivity (Wildman–Crippen MR) is 102 cm³/mol. The van der Waals surface area contributed by atoms with Gasteiger partial charge in [0.15, 0.2) is 11.5 Å². The highest BCUT2D eigenvalue weighted by Gasteiger charge is 2.18. The van der Waals surface area contributed by atoms with Crippen LogP contribution in [-0.2, 0) is 9.59 Å². The lowest BCUT2D eigenvalue weighted by molar-refractivity contribution is -0.136. The van der Waals surface area contributed by atoms with Gasteiger partial charge in [0.25, 0.3) is 0 Å². The number of aliphatic hydroxyl groups excluding tert-OH is 1. The molecule has 3 N–H and O–H groups in total. The first-order chi connectivity index (χ1) is 13.1. The SMILES string of the molecule is CSc1ccccc1NC(=O)C(=O)NCC[C@H](O)c1ccc2c(c1)OCO2. The zero-order valence-electron chi connectivity index (χ0n) is 14.7. The predicted octanol–water partition coefficient (Wildman–Crippen LogP) is 2.32. The minimum atomic E-state index is -0.792. The van der Waals surface area contributed by atoms with Gasteiger partial charge in [0.2, 0.25) is 6.79 Å². The average molecular weight is 388 g/mol. The lowest BCUT2D eigenvalue weighted by atomic mass is 10.1. The maximum absolute atomic E-state index is 12.0. The van der Waals surface area contributed by atoms with Gasteiger partial charge in [-0.25, -0.2) is 0 Å². The molecule has 0 radical (unpaired) electrons. The summed E-state index contributed by atoms with van der Waals surface area (Å²) in [7, 11) is 0. The molecule has 1 atom stereocenters. The Morgan fingerprint density at radius 3 is 2.74 bits per heavy atom. The molecule has 8 heteroatoms. The van der Waals surface area contributed by atoms with E-state index in [0.717, 1.165) is 4.90 Å². The molecule has 0 fully saturated rings. The van der Waals surface area contributed by atoms with Gasteiger partial charge in [-0.1, -0.05) is 18.2 Å². The molecule has 1 heterocycles. The van der Waals surface area contributed by atoms with Crippen LogP contribution in [0.4, 0.5) is 5.69 Å². The number of hydrogen-bond acceptors (Lipinski definition) is 6. The third-order valence-electron chi connectivity index (χ3n) is 4.05. The van der Waals surface area contributed by atoms with Gasteiger partial charge in [0, 0.05) is 11.4 Å². The monoisotopic (exact) mass is 388 g/mol. The maximum atomic E-state index is 12.0. The van der Waals surface area contributed by atoms with Gasteiger partial charge in [0.1, 0.15) is 0 Å². The lowest BCUT2D eigenvalue weighted by Gasteiger charge is -2.13. The molecular weight excluding hydrogens is 368 g/mol. The van der Waals surface area contributed by atoms with Crippen molar-refractivity contribution in [2.45, 2.75) is 17.4 Å². The second-order valence-electron chi connectivity index (χ2n) is 5.83. The average Bonchev–Trinajstić information content (AvgIpc) is 3.16. The largest absolute Gasteiger partial charge is 0.454 e. The second-order valence-corrected chi connectivity index (χ2v) is 6.68. The summed E-state index contributed by atoms with van der Waals surface area (Å²) in [5, 5.41) is 15.4. The van der Waals surface area contributed by atoms with Crippen LogP contribution >= 0.6 is 11.8 Å². The minimum absolute atomic E-state index is 0.159. The van der Waals surface area contributed by atoms with Crippen LogP contribution in [0, 0.1) is 0 Å². The molecule has 142 valence electrons. The molecule has 1 aliphatic rings. The van der Waals surface area contributed by atoms with Gasteiger partial charge in [-0.3, -0.25) is 9.59 Å². The Bertz CT molecular complexity index is 843. The van der Waals surface area contributed by atoms with E-state index in [-0.39, 0.29) is 19.8 Å². The van der Waals surface area contributed by atoms with Crippen molar-refractivity contribution in [3.8, 4) is 11.5 Å². The van der Waals surface area contributed by atoms with E-state index >= 15 is 0 Å². The number of benzene rings is 2. The molecule has 0 aromatic heterocycles. The Morgan fingerprint density at radius 1 is 1.15 bits per heavy atom. The van der Waals surface area contributed by atoms with Gasteiger partial charge >= 0.3 is 11.8 Å². The number of amides is 2. The molecule has 2 aromatic rings. The van der Waals surface area contributed by atoms with E-state index in [4.69, 9.17) is 9.47 Å². The van der Waals surface area contributed by atoms with E-state index in [9.17, 15) is 14.7 Å². The van der Waals surface area contributed by atoms with Gasteiger partial charge in [-0.05, 0) is 42.5 Å². The van der Waals surface area contributed by atoms with Crippen LogP contribution in [0.5, 0.6) is 11.5 Å². The molecule has 2 amide bonds. The summed E-state index contributed by atoms with van der Waals surface area (Å²) in [5.74, 6) is -0.262. The summed E-state index contributed by atoms with van der Waals surface area (Å²) in [6, 6.07) is 12.4. The van der Waals surface area contributed by atoms with Gasteiger partial charge in [-0.15, -0.1) is 11.8 Å². The number of rotatable bonds is 6. The number of hydrogen-bond donors (Lipinski definition) is 3. The van der Waals surface area contributed by atoms with Crippen molar-refractivity contribution in [1.82, 2.24) is 5.32 Å². The number of para-hydroxylation sites is 1. The first kappa shape index (κ1) is 19.1. The molecule has 3 rings (SSSR count). The van der Waals surface area contributed by atoms with Gasteiger partial charge < -0.3 is 25.2 Å². The van der Waals surface area contributed by atoms with Crippen LogP contribution in [0.2, 0.25) is 0 Å². The van der Waals surface area contributed by atoms with Crippen molar-refractivity contribution in [1.29, 1.82) is 0 Å². The highest BCUT2D eigenvalue weighted by Crippen LogP contribution is 2.34. The summed E-state index contributed by atoms with van der Waals surface area (Å²) in [6.45, 7) is 0.325. The first-order valence-electron chi connectivity index (χ1n) is 8.38. The van der Waals surface area contributed by atoms with Gasteiger partial charge in [0.05, 0.1) is 11.8 Å². The molecule has 0 aliphatic carbocycles. The van der Waals surface area contributed by atoms with Crippen molar-refractivity contribution < 1.29 is 24.2 Å². The number of carbonyl (C=O) groups excluding carboxylic acids is 2. The summed E-state index contributed by atoms with van der Waals surface area (Å²) in [5.41, 5.74) is 1.25. The van der Waals surface area contributed by atoms with E-state index in [1.165, 1.54) is 11.8 Å². The molecule has 0 bridgehead atoms. The van der Waals surface area contributed by atoms with Crippen LogP contribution in [0.25, 0.3) is 0 Å². The van der Waals surface area contributed by atoms with E-state index < -0.39 is 17.9 Å². The zero-order chi connectivity index (χ0) is 19.2. The topological polar surface area (TPSA) is 96.9 Å². The van der Waals surface area contributed by atoms with Crippen molar-refractivity contribution in [3.63, 3.8) is 0 Å². The van der Waals surface area contributed by atoms with Crippen LogP contribution in [-0.4, -0.2) is 36.5 Å². The third kappa shape index (κ3) is 4.72. The Kier molecular flexibility index (Phi) is 6.20. The maximum Gasteiger partial charge on any atom is 0.313 e. The lowest BCUT2D eigenvalue weighted by Crippen LogP contribution is -2.36. The van der Waals surface area contributed by atoms with E-state index in [0.29, 0.717) is 22.7 Å². The van der Waals surface area contributed by atoms with E-state index in [2.05, 4.69) is 10.6 Å².